The second-order valence-electron chi connectivity index (χ2n) is 3.18. The minimum Gasteiger partial charge on any atom is -0.331 e. The van der Waals surface area contributed by atoms with Crippen LogP contribution in [-0.4, -0.2) is 4.57 Å². The lowest BCUT2D eigenvalue weighted by Crippen LogP contribution is -1.92. The van der Waals surface area contributed by atoms with E-state index < -0.39 is 0 Å². The van der Waals surface area contributed by atoms with Crippen LogP contribution in [0.4, 0.5) is 4.39 Å². The van der Waals surface area contributed by atoms with Gasteiger partial charge in [-0.1, -0.05) is 11.6 Å². The average Bonchev–Trinajstić information content (AvgIpc) is 2.48. The quantitative estimate of drug-likeness (QED) is 0.728. The maximum absolute atomic E-state index is 13.0. The van der Waals surface area contributed by atoms with Crippen LogP contribution in [-0.2, 0) is 6.54 Å². The van der Waals surface area contributed by atoms with E-state index in [-0.39, 0.29) is 5.82 Å². The first-order valence-electron chi connectivity index (χ1n) is 4.56. The van der Waals surface area contributed by atoms with Crippen molar-refractivity contribution in [1.82, 2.24) is 4.57 Å². The Kier molecular flexibility index (Phi) is 2.37. The Morgan fingerprint density at radius 1 is 1.53 bits per heavy atom. The molecule has 76 valence electrons. The van der Waals surface area contributed by atoms with Crippen molar-refractivity contribution in [1.29, 1.82) is 5.26 Å². The second-order valence-corrected chi connectivity index (χ2v) is 3.54. The smallest absolute Gasteiger partial charge is 0.128 e. The molecule has 2 rings (SSSR count). The fourth-order valence-corrected chi connectivity index (χ4v) is 2.07. The van der Waals surface area contributed by atoms with Gasteiger partial charge in [-0.05, 0) is 25.1 Å². The van der Waals surface area contributed by atoms with E-state index in [4.69, 9.17) is 16.9 Å². The number of rotatable bonds is 1. The van der Waals surface area contributed by atoms with Crippen LogP contribution in [0, 0.1) is 17.1 Å². The molecule has 0 spiro atoms. The Morgan fingerprint density at radius 2 is 2.27 bits per heavy atom. The van der Waals surface area contributed by atoms with Crippen molar-refractivity contribution in [3.8, 4) is 6.07 Å². The number of nitrogens with zero attached hydrogens (tertiary/aromatic N) is 2. The number of fused-ring (bicyclic) bond motifs is 1. The van der Waals surface area contributed by atoms with E-state index in [2.05, 4.69) is 0 Å². The highest BCUT2D eigenvalue weighted by molar-refractivity contribution is 6.32. The van der Waals surface area contributed by atoms with Gasteiger partial charge in [0.2, 0.25) is 0 Å². The monoisotopic (exact) mass is 222 g/mol. The molecule has 2 aromatic rings. The van der Waals surface area contributed by atoms with Crippen LogP contribution in [0.3, 0.4) is 0 Å². The Bertz CT molecular complexity index is 566. The van der Waals surface area contributed by atoms with Crippen molar-refractivity contribution in [2.75, 3.05) is 0 Å². The van der Waals surface area contributed by atoms with Crippen LogP contribution in [0.25, 0.3) is 10.9 Å². The van der Waals surface area contributed by atoms with Gasteiger partial charge in [0.05, 0.1) is 11.1 Å². The molecular formula is C11H8ClFN2. The number of halogens is 2. The van der Waals surface area contributed by atoms with Gasteiger partial charge in [-0.15, -0.1) is 0 Å². The van der Waals surface area contributed by atoms with Gasteiger partial charge in [-0.3, -0.25) is 0 Å². The number of nitriles is 1. The molecule has 15 heavy (non-hydrogen) atoms. The molecule has 2 nitrogen and oxygen atoms in total. The summed E-state index contributed by atoms with van der Waals surface area (Å²) in [5.74, 6) is -0.357. The van der Waals surface area contributed by atoms with Gasteiger partial charge in [0.25, 0.3) is 0 Å². The lowest BCUT2D eigenvalue weighted by molar-refractivity contribution is 0.629. The minimum absolute atomic E-state index is 0.341. The van der Waals surface area contributed by atoms with E-state index in [1.54, 1.807) is 10.6 Å². The fraction of sp³-hybridized carbons (Fsp3) is 0.182. The fourth-order valence-electron chi connectivity index (χ4n) is 1.71. The number of hydrogen-bond acceptors (Lipinski definition) is 1. The molecule has 0 radical (unpaired) electrons. The Hall–Kier alpha value is -1.53. The highest BCUT2D eigenvalue weighted by Crippen LogP contribution is 2.29. The summed E-state index contributed by atoms with van der Waals surface area (Å²) < 4.78 is 14.8. The summed E-state index contributed by atoms with van der Waals surface area (Å²) in [5, 5.41) is 9.89. The van der Waals surface area contributed by atoms with Crippen LogP contribution in [0.2, 0.25) is 5.15 Å². The van der Waals surface area contributed by atoms with Crippen molar-refractivity contribution in [3.05, 3.63) is 34.7 Å². The van der Waals surface area contributed by atoms with Crippen molar-refractivity contribution in [2.24, 2.45) is 0 Å². The van der Waals surface area contributed by atoms with Crippen molar-refractivity contribution < 1.29 is 4.39 Å². The van der Waals surface area contributed by atoms with Gasteiger partial charge in [-0.25, -0.2) is 4.39 Å². The molecule has 0 amide bonds. The van der Waals surface area contributed by atoms with Crippen molar-refractivity contribution in [2.45, 2.75) is 13.5 Å². The molecule has 0 aliphatic rings. The van der Waals surface area contributed by atoms with Gasteiger partial charge in [0.15, 0.2) is 0 Å². The summed E-state index contributed by atoms with van der Waals surface area (Å²) in [7, 11) is 0. The van der Waals surface area contributed by atoms with Crippen LogP contribution in [0.1, 0.15) is 12.5 Å². The first-order valence-corrected chi connectivity index (χ1v) is 4.94. The standard InChI is InChI=1S/C11H8ClFN2/c1-2-15-10-4-3-7(13)5-8(10)9(6-14)11(15)12/h3-5H,2H2,1H3. The third-order valence-corrected chi connectivity index (χ3v) is 2.78. The number of aromatic nitrogens is 1. The van der Waals surface area contributed by atoms with Gasteiger partial charge < -0.3 is 4.57 Å². The Labute approximate surface area is 91.5 Å². The third-order valence-electron chi connectivity index (χ3n) is 2.39. The van der Waals surface area contributed by atoms with Crippen molar-refractivity contribution in [3.63, 3.8) is 0 Å². The zero-order chi connectivity index (χ0) is 11.0. The van der Waals surface area contributed by atoms with E-state index in [0.717, 1.165) is 5.52 Å². The number of hydrogen-bond donors (Lipinski definition) is 0. The van der Waals surface area contributed by atoms with Crippen LogP contribution < -0.4 is 0 Å². The molecule has 0 saturated heterocycles. The largest absolute Gasteiger partial charge is 0.331 e. The second kappa shape index (κ2) is 3.56. The molecule has 1 aromatic carbocycles. The lowest BCUT2D eigenvalue weighted by atomic mass is 10.2. The van der Waals surface area contributed by atoms with Gasteiger partial charge >= 0.3 is 0 Å². The summed E-state index contributed by atoms with van der Waals surface area (Å²) in [4.78, 5) is 0. The summed E-state index contributed by atoms with van der Waals surface area (Å²) in [6.45, 7) is 2.58. The van der Waals surface area contributed by atoms with Crippen LogP contribution >= 0.6 is 11.6 Å². The zero-order valence-corrected chi connectivity index (χ0v) is 8.85. The minimum atomic E-state index is -0.357. The molecule has 0 fully saturated rings. The molecule has 0 N–H and O–H groups in total. The van der Waals surface area contributed by atoms with E-state index in [9.17, 15) is 4.39 Å². The highest BCUT2D eigenvalue weighted by atomic mass is 35.5. The number of aryl methyl sites for hydroxylation is 1. The zero-order valence-electron chi connectivity index (χ0n) is 8.09. The SMILES string of the molecule is CCn1c(Cl)c(C#N)c2cc(F)ccc21. The van der Waals surface area contributed by atoms with Crippen LogP contribution in [0.15, 0.2) is 18.2 Å². The third kappa shape index (κ3) is 1.38. The van der Waals surface area contributed by atoms with E-state index >= 15 is 0 Å². The molecule has 0 atom stereocenters. The molecule has 0 aliphatic carbocycles. The van der Waals surface area contributed by atoms with Gasteiger partial charge in [-0.2, -0.15) is 5.26 Å². The summed E-state index contributed by atoms with van der Waals surface area (Å²) in [5.41, 5.74) is 1.13. The number of benzene rings is 1. The summed E-state index contributed by atoms with van der Waals surface area (Å²) >= 11 is 6.02. The van der Waals surface area contributed by atoms with Crippen molar-refractivity contribution >= 4 is 22.5 Å². The predicted molar refractivity (Wildman–Crippen MR) is 57.3 cm³/mol. The van der Waals surface area contributed by atoms with E-state index in [1.165, 1.54) is 12.1 Å². The first kappa shape index (κ1) is 10.0. The maximum atomic E-state index is 13.0. The molecule has 1 aromatic heterocycles. The Balaban J connectivity index is 2.93. The molecule has 1 heterocycles. The van der Waals surface area contributed by atoms with Crippen LogP contribution in [0.5, 0.6) is 0 Å². The summed E-state index contributed by atoms with van der Waals surface area (Å²) in [6, 6.07) is 6.35. The normalized spacial score (nSPS) is 10.5. The van der Waals surface area contributed by atoms with E-state index in [1.807, 2.05) is 13.0 Å². The molecule has 0 saturated carbocycles. The summed E-state index contributed by atoms with van der Waals surface area (Å²) in [6.07, 6.45) is 0. The first-order chi connectivity index (χ1) is 7.19. The molecule has 0 bridgehead atoms. The molecule has 0 aliphatic heterocycles. The highest BCUT2D eigenvalue weighted by Gasteiger charge is 2.14. The Morgan fingerprint density at radius 3 is 2.87 bits per heavy atom. The van der Waals surface area contributed by atoms with Gasteiger partial charge in [0, 0.05) is 11.9 Å². The molecule has 0 unspecified atom stereocenters. The van der Waals surface area contributed by atoms with E-state index in [0.29, 0.717) is 22.6 Å². The molecular weight excluding hydrogens is 215 g/mol. The van der Waals surface area contributed by atoms with Gasteiger partial charge in [0.1, 0.15) is 17.0 Å². The lowest BCUT2D eigenvalue weighted by Gasteiger charge is -2.01. The maximum Gasteiger partial charge on any atom is 0.128 e. The average molecular weight is 223 g/mol. The topological polar surface area (TPSA) is 28.7 Å². The predicted octanol–water partition coefficient (Wildman–Crippen LogP) is 3.33. The molecule has 4 heteroatoms.